The van der Waals surface area contributed by atoms with Crippen LogP contribution in [0.5, 0.6) is 0 Å². The number of nitriles is 1. The molecule has 2 aromatic heterocycles. The van der Waals surface area contributed by atoms with E-state index in [-0.39, 0.29) is 23.6 Å². The number of carbonyl (C=O) groups excluding carboxylic acids is 1. The second kappa shape index (κ2) is 10.2. The number of halogens is 1. The predicted octanol–water partition coefficient (Wildman–Crippen LogP) is 4.87. The Morgan fingerprint density at radius 1 is 1.19 bits per heavy atom. The Labute approximate surface area is 218 Å². The molecule has 0 atom stereocenters. The fourth-order valence-corrected chi connectivity index (χ4v) is 4.25. The second-order valence-electron chi connectivity index (χ2n) is 8.91. The normalized spacial score (nSPS) is 13.3. The molecule has 0 spiro atoms. The molecule has 0 unspecified atom stereocenters. The highest BCUT2D eigenvalue weighted by atomic mass is 35.5. The van der Waals surface area contributed by atoms with E-state index in [4.69, 9.17) is 11.6 Å². The molecule has 1 amide bonds. The van der Waals surface area contributed by atoms with E-state index >= 15 is 0 Å². The van der Waals surface area contributed by atoms with Crippen LogP contribution in [0.4, 0.5) is 11.6 Å². The molecule has 1 aliphatic rings. The maximum Gasteiger partial charge on any atom is 0.261 e. The van der Waals surface area contributed by atoms with Gasteiger partial charge < -0.3 is 10.6 Å². The minimum absolute atomic E-state index is 0.157. The van der Waals surface area contributed by atoms with Crippen LogP contribution in [0.2, 0.25) is 5.02 Å². The first-order valence-corrected chi connectivity index (χ1v) is 12.2. The van der Waals surface area contributed by atoms with Gasteiger partial charge >= 0.3 is 0 Å². The molecule has 1 aliphatic carbocycles. The number of fused-ring (bicyclic) bond motifs is 1. The molecule has 0 radical (unpaired) electrons. The standard InChI is InChI=1S/C28H23ClN6O2/c1-35-25-20(13-23(27(35)37)22-7-2-3-8-24(22)29)16-32-28(34-25)33-21-6-4-5-18(12-21)15-31-26(36)19(14-30)11-17-9-10-17/h2-8,11-13,16-17H,9-10,15H2,1H3,(H,31,36)(H,32,33,34)/b19-11+. The summed E-state index contributed by atoms with van der Waals surface area (Å²) in [5, 5.41) is 16.4. The van der Waals surface area contributed by atoms with Crippen molar-refractivity contribution in [2.45, 2.75) is 19.4 Å². The van der Waals surface area contributed by atoms with Crippen LogP contribution in [-0.2, 0) is 18.4 Å². The first-order chi connectivity index (χ1) is 17.9. The number of amides is 1. The van der Waals surface area contributed by atoms with E-state index in [1.165, 1.54) is 4.57 Å². The molecule has 0 saturated heterocycles. The highest BCUT2D eigenvalue weighted by Gasteiger charge is 2.21. The van der Waals surface area contributed by atoms with Crippen molar-refractivity contribution in [3.05, 3.63) is 93.4 Å². The van der Waals surface area contributed by atoms with Crippen molar-refractivity contribution in [1.29, 1.82) is 5.26 Å². The number of benzene rings is 2. The number of hydrogen-bond acceptors (Lipinski definition) is 6. The number of hydrogen-bond donors (Lipinski definition) is 2. The van der Waals surface area contributed by atoms with Crippen LogP contribution < -0.4 is 16.2 Å². The highest BCUT2D eigenvalue weighted by Crippen LogP contribution is 2.31. The maximum absolute atomic E-state index is 13.1. The van der Waals surface area contributed by atoms with Crippen LogP contribution in [0.25, 0.3) is 22.2 Å². The third-order valence-electron chi connectivity index (χ3n) is 6.14. The average Bonchev–Trinajstić information content (AvgIpc) is 3.73. The molecule has 184 valence electrons. The Kier molecular flexibility index (Phi) is 6.71. The van der Waals surface area contributed by atoms with E-state index in [0.29, 0.717) is 39.0 Å². The van der Waals surface area contributed by atoms with E-state index in [2.05, 4.69) is 20.6 Å². The van der Waals surface area contributed by atoms with Crippen LogP contribution in [0, 0.1) is 17.2 Å². The summed E-state index contributed by atoms with van der Waals surface area (Å²) in [6, 6.07) is 18.4. The smallest absolute Gasteiger partial charge is 0.261 e. The van der Waals surface area contributed by atoms with Crippen LogP contribution in [0.1, 0.15) is 18.4 Å². The molecule has 37 heavy (non-hydrogen) atoms. The largest absolute Gasteiger partial charge is 0.347 e. The molecule has 0 aliphatic heterocycles. The summed E-state index contributed by atoms with van der Waals surface area (Å²) in [6.45, 7) is 0.274. The number of anilines is 2. The monoisotopic (exact) mass is 510 g/mol. The van der Waals surface area contributed by atoms with Gasteiger partial charge in [-0.15, -0.1) is 0 Å². The summed E-state index contributed by atoms with van der Waals surface area (Å²) in [4.78, 5) is 34.4. The lowest BCUT2D eigenvalue weighted by atomic mass is 10.1. The van der Waals surface area contributed by atoms with Gasteiger partial charge in [-0.2, -0.15) is 10.2 Å². The number of nitrogens with one attached hydrogen (secondary N) is 2. The molecular formula is C28H23ClN6O2. The molecule has 1 saturated carbocycles. The van der Waals surface area contributed by atoms with Crippen molar-refractivity contribution in [3.63, 3.8) is 0 Å². The van der Waals surface area contributed by atoms with Crippen LogP contribution >= 0.6 is 11.6 Å². The fraction of sp³-hybridized carbons (Fsp3) is 0.179. The zero-order valence-corrected chi connectivity index (χ0v) is 20.8. The Morgan fingerprint density at radius 3 is 2.76 bits per heavy atom. The summed E-state index contributed by atoms with van der Waals surface area (Å²) in [6.07, 6.45) is 5.46. The minimum Gasteiger partial charge on any atom is -0.347 e. The number of rotatable bonds is 7. The molecule has 4 aromatic rings. The molecule has 2 aromatic carbocycles. The zero-order valence-electron chi connectivity index (χ0n) is 20.0. The first kappa shape index (κ1) is 24.2. The van der Waals surface area contributed by atoms with E-state index in [9.17, 15) is 14.9 Å². The molecule has 1 fully saturated rings. The Hall–Kier alpha value is -4.48. The number of carbonyl (C=O) groups is 1. The third kappa shape index (κ3) is 5.37. The molecule has 2 N–H and O–H groups in total. The summed E-state index contributed by atoms with van der Waals surface area (Å²) in [7, 11) is 1.66. The van der Waals surface area contributed by atoms with Gasteiger partial charge in [0.05, 0.1) is 0 Å². The lowest BCUT2D eigenvalue weighted by Gasteiger charge is -2.12. The van der Waals surface area contributed by atoms with Crippen molar-refractivity contribution in [3.8, 4) is 17.2 Å². The van der Waals surface area contributed by atoms with Gasteiger partial charge in [0.25, 0.3) is 11.5 Å². The second-order valence-corrected chi connectivity index (χ2v) is 9.32. The van der Waals surface area contributed by atoms with Gasteiger partial charge in [0.1, 0.15) is 17.3 Å². The average molecular weight is 511 g/mol. The Morgan fingerprint density at radius 2 is 2.00 bits per heavy atom. The SMILES string of the molecule is Cn1c(=O)c(-c2ccccc2Cl)cc2cnc(Nc3cccc(CNC(=O)/C(C#N)=C/C4CC4)c3)nc21. The van der Waals surface area contributed by atoms with Crippen molar-refractivity contribution in [2.24, 2.45) is 13.0 Å². The van der Waals surface area contributed by atoms with Gasteiger partial charge in [-0.3, -0.25) is 14.2 Å². The molecular weight excluding hydrogens is 488 g/mol. The number of aromatic nitrogens is 3. The van der Waals surface area contributed by atoms with Crippen molar-refractivity contribution >= 4 is 40.2 Å². The number of pyridine rings is 1. The highest BCUT2D eigenvalue weighted by molar-refractivity contribution is 6.33. The van der Waals surface area contributed by atoms with E-state index in [1.807, 2.05) is 48.5 Å². The van der Waals surface area contributed by atoms with Gasteiger partial charge in [0.2, 0.25) is 5.95 Å². The van der Waals surface area contributed by atoms with Crippen molar-refractivity contribution < 1.29 is 4.79 Å². The van der Waals surface area contributed by atoms with Crippen LogP contribution in [0.15, 0.2) is 77.2 Å². The number of allylic oxidation sites excluding steroid dienone is 1. The van der Waals surface area contributed by atoms with Crippen LogP contribution in [0.3, 0.4) is 0 Å². The molecule has 8 nitrogen and oxygen atoms in total. The predicted molar refractivity (Wildman–Crippen MR) is 143 cm³/mol. The molecule has 5 rings (SSSR count). The Bertz CT molecular complexity index is 1650. The topological polar surface area (TPSA) is 113 Å². The molecule has 2 heterocycles. The lowest BCUT2D eigenvalue weighted by Crippen LogP contribution is -2.24. The fourth-order valence-electron chi connectivity index (χ4n) is 4.01. The van der Waals surface area contributed by atoms with Gasteiger partial charge in [-0.25, -0.2) is 4.98 Å². The number of nitrogens with zero attached hydrogens (tertiary/aromatic N) is 4. The van der Waals surface area contributed by atoms with Gasteiger partial charge in [-0.1, -0.05) is 48.0 Å². The quantitative estimate of drug-likeness (QED) is 0.271. The summed E-state index contributed by atoms with van der Waals surface area (Å²) >= 11 is 6.32. The first-order valence-electron chi connectivity index (χ1n) is 11.8. The molecule has 0 bridgehead atoms. The lowest BCUT2D eigenvalue weighted by molar-refractivity contribution is -0.117. The summed E-state index contributed by atoms with van der Waals surface area (Å²) < 4.78 is 1.48. The van der Waals surface area contributed by atoms with E-state index < -0.39 is 0 Å². The maximum atomic E-state index is 13.1. The van der Waals surface area contributed by atoms with E-state index in [0.717, 1.165) is 24.1 Å². The van der Waals surface area contributed by atoms with Crippen LogP contribution in [-0.4, -0.2) is 20.4 Å². The van der Waals surface area contributed by atoms with Crippen molar-refractivity contribution in [1.82, 2.24) is 19.9 Å². The summed E-state index contributed by atoms with van der Waals surface area (Å²) in [5.74, 6) is 0.299. The van der Waals surface area contributed by atoms with Crippen molar-refractivity contribution in [2.75, 3.05) is 5.32 Å². The zero-order chi connectivity index (χ0) is 25.9. The summed E-state index contributed by atoms with van der Waals surface area (Å²) in [5.41, 5.74) is 3.12. The van der Waals surface area contributed by atoms with Gasteiger partial charge in [-0.05, 0) is 48.6 Å². The number of aryl methyl sites for hydroxylation is 1. The van der Waals surface area contributed by atoms with E-state index in [1.54, 1.807) is 31.5 Å². The van der Waals surface area contributed by atoms with Gasteiger partial charge in [0, 0.05) is 47.0 Å². The molecule has 9 heteroatoms. The third-order valence-corrected chi connectivity index (χ3v) is 6.47. The minimum atomic E-state index is -0.372. The van der Waals surface area contributed by atoms with Gasteiger partial charge in [0.15, 0.2) is 0 Å². The Balaban J connectivity index is 1.35.